The average molecular weight is 296 g/mol. The Morgan fingerprint density at radius 1 is 0.870 bits per heavy atom. The van der Waals surface area contributed by atoms with Crippen molar-refractivity contribution in [1.29, 1.82) is 5.26 Å². The van der Waals surface area contributed by atoms with Crippen LogP contribution in [0.4, 0.5) is 5.69 Å². The first-order valence-corrected chi connectivity index (χ1v) is 7.78. The van der Waals surface area contributed by atoms with E-state index in [0.717, 1.165) is 17.7 Å². The SMILES string of the molecule is N#Cc1ccc2c(c1)CC(c1ccc(-c3ccccc3)cc1)N2. The van der Waals surface area contributed by atoms with Gasteiger partial charge in [0.1, 0.15) is 0 Å². The molecule has 0 aliphatic carbocycles. The predicted octanol–water partition coefficient (Wildman–Crippen LogP) is 4.93. The molecule has 4 rings (SSSR count). The van der Waals surface area contributed by atoms with Crippen molar-refractivity contribution in [3.8, 4) is 17.2 Å². The number of rotatable bonds is 2. The van der Waals surface area contributed by atoms with E-state index in [0.29, 0.717) is 0 Å². The molecule has 0 saturated heterocycles. The van der Waals surface area contributed by atoms with E-state index in [4.69, 9.17) is 5.26 Å². The van der Waals surface area contributed by atoms with Crippen LogP contribution in [0.3, 0.4) is 0 Å². The van der Waals surface area contributed by atoms with E-state index in [1.165, 1.54) is 22.3 Å². The first-order chi connectivity index (χ1) is 11.3. The summed E-state index contributed by atoms with van der Waals surface area (Å²) in [5.41, 5.74) is 6.84. The molecule has 0 aromatic heterocycles. The molecular formula is C21H16N2. The monoisotopic (exact) mass is 296 g/mol. The van der Waals surface area contributed by atoms with Gasteiger partial charge in [-0.05, 0) is 46.9 Å². The summed E-state index contributed by atoms with van der Waals surface area (Å²) in [6.07, 6.45) is 0.926. The van der Waals surface area contributed by atoms with Gasteiger partial charge in [-0.2, -0.15) is 5.26 Å². The summed E-state index contributed by atoms with van der Waals surface area (Å²) in [4.78, 5) is 0. The molecule has 0 radical (unpaired) electrons. The summed E-state index contributed by atoms with van der Waals surface area (Å²) >= 11 is 0. The Hall–Kier alpha value is -3.05. The third kappa shape index (κ3) is 2.58. The molecule has 2 heteroatoms. The van der Waals surface area contributed by atoms with Gasteiger partial charge in [-0.3, -0.25) is 0 Å². The van der Waals surface area contributed by atoms with Gasteiger partial charge in [0.25, 0.3) is 0 Å². The maximum Gasteiger partial charge on any atom is 0.0991 e. The molecule has 1 unspecified atom stereocenters. The summed E-state index contributed by atoms with van der Waals surface area (Å²) < 4.78 is 0. The van der Waals surface area contributed by atoms with Crippen molar-refractivity contribution in [1.82, 2.24) is 0 Å². The van der Waals surface area contributed by atoms with Gasteiger partial charge in [0.15, 0.2) is 0 Å². The number of nitrogens with one attached hydrogen (secondary N) is 1. The third-order valence-electron chi connectivity index (χ3n) is 4.41. The minimum absolute atomic E-state index is 0.281. The van der Waals surface area contributed by atoms with Crippen LogP contribution < -0.4 is 5.32 Å². The molecule has 2 nitrogen and oxygen atoms in total. The largest absolute Gasteiger partial charge is 0.378 e. The van der Waals surface area contributed by atoms with E-state index >= 15 is 0 Å². The third-order valence-corrected chi connectivity index (χ3v) is 4.41. The number of anilines is 1. The van der Waals surface area contributed by atoms with Gasteiger partial charge >= 0.3 is 0 Å². The fourth-order valence-corrected chi connectivity index (χ4v) is 3.17. The van der Waals surface area contributed by atoms with Gasteiger partial charge < -0.3 is 5.32 Å². The summed E-state index contributed by atoms with van der Waals surface area (Å²) in [5, 5.41) is 12.6. The van der Waals surface area contributed by atoms with E-state index in [1.807, 2.05) is 24.3 Å². The fourth-order valence-electron chi connectivity index (χ4n) is 3.17. The van der Waals surface area contributed by atoms with Crippen LogP contribution in [0.25, 0.3) is 11.1 Å². The standard InChI is InChI=1S/C21H16N2/c22-14-15-6-11-20-19(12-15)13-21(23-20)18-9-7-17(8-10-18)16-4-2-1-3-5-16/h1-12,21,23H,13H2. The lowest BCUT2D eigenvalue weighted by Gasteiger charge is -2.12. The van der Waals surface area contributed by atoms with Crippen molar-refractivity contribution in [3.63, 3.8) is 0 Å². The van der Waals surface area contributed by atoms with Crippen LogP contribution in [0, 0.1) is 11.3 Å². The number of hydrogen-bond acceptors (Lipinski definition) is 2. The molecule has 1 aliphatic rings. The molecule has 0 fully saturated rings. The minimum atomic E-state index is 0.281. The first-order valence-electron chi connectivity index (χ1n) is 7.78. The van der Waals surface area contributed by atoms with Gasteiger partial charge in [-0.25, -0.2) is 0 Å². The van der Waals surface area contributed by atoms with E-state index in [2.05, 4.69) is 59.9 Å². The molecule has 23 heavy (non-hydrogen) atoms. The van der Waals surface area contributed by atoms with Crippen molar-refractivity contribution in [2.45, 2.75) is 12.5 Å². The van der Waals surface area contributed by atoms with Gasteiger partial charge in [0.2, 0.25) is 0 Å². The van der Waals surface area contributed by atoms with Crippen LogP contribution >= 0.6 is 0 Å². The maximum absolute atomic E-state index is 9.02. The molecule has 0 bridgehead atoms. The van der Waals surface area contributed by atoms with Crippen molar-refractivity contribution in [2.75, 3.05) is 5.32 Å². The number of nitriles is 1. The molecular weight excluding hydrogens is 280 g/mol. The van der Waals surface area contributed by atoms with E-state index in [9.17, 15) is 0 Å². The molecule has 1 aliphatic heterocycles. The minimum Gasteiger partial charge on any atom is -0.378 e. The average Bonchev–Trinajstić information content (AvgIpc) is 3.05. The second-order valence-corrected chi connectivity index (χ2v) is 5.87. The number of hydrogen-bond donors (Lipinski definition) is 1. The smallest absolute Gasteiger partial charge is 0.0991 e. The second-order valence-electron chi connectivity index (χ2n) is 5.87. The Bertz CT molecular complexity index is 874. The van der Waals surface area contributed by atoms with E-state index in [1.54, 1.807) is 0 Å². The number of fused-ring (bicyclic) bond motifs is 1. The van der Waals surface area contributed by atoms with Gasteiger partial charge in [0.05, 0.1) is 17.7 Å². The zero-order valence-electron chi connectivity index (χ0n) is 12.7. The van der Waals surface area contributed by atoms with Crippen LogP contribution in [-0.2, 0) is 6.42 Å². The number of nitrogens with zero attached hydrogens (tertiary/aromatic N) is 1. The van der Waals surface area contributed by atoms with Crippen LogP contribution in [0.5, 0.6) is 0 Å². The van der Waals surface area contributed by atoms with Gasteiger partial charge in [0, 0.05) is 5.69 Å². The Morgan fingerprint density at radius 2 is 1.61 bits per heavy atom. The van der Waals surface area contributed by atoms with E-state index in [-0.39, 0.29) is 6.04 Å². The molecule has 0 saturated carbocycles. The van der Waals surface area contributed by atoms with Crippen LogP contribution in [0.2, 0.25) is 0 Å². The highest BCUT2D eigenvalue weighted by atomic mass is 14.9. The zero-order valence-corrected chi connectivity index (χ0v) is 12.7. The number of benzene rings is 3. The Kier molecular flexibility index (Phi) is 3.33. The summed E-state index contributed by atoms with van der Waals surface area (Å²) in [6.45, 7) is 0. The highest BCUT2D eigenvalue weighted by Crippen LogP contribution is 2.35. The summed E-state index contributed by atoms with van der Waals surface area (Å²) in [5.74, 6) is 0. The predicted molar refractivity (Wildman–Crippen MR) is 93.1 cm³/mol. The Labute approximate surface area is 136 Å². The zero-order chi connectivity index (χ0) is 15.6. The van der Waals surface area contributed by atoms with E-state index < -0.39 is 0 Å². The molecule has 3 aromatic carbocycles. The van der Waals surface area contributed by atoms with Crippen molar-refractivity contribution in [3.05, 3.63) is 89.5 Å². The Balaban J connectivity index is 1.57. The maximum atomic E-state index is 9.02. The summed E-state index contributed by atoms with van der Waals surface area (Å²) in [7, 11) is 0. The van der Waals surface area contributed by atoms with Crippen LogP contribution in [0.1, 0.15) is 22.7 Å². The van der Waals surface area contributed by atoms with Gasteiger partial charge in [-0.15, -0.1) is 0 Å². The highest BCUT2D eigenvalue weighted by molar-refractivity contribution is 5.65. The van der Waals surface area contributed by atoms with Crippen LogP contribution in [-0.4, -0.2) is 0 Å². The molecule has 110 valence electrons. The molecule has 3 aromatic rings. The lowest BCUT2D eigenvalue weighted by molar-refractivity contribution is 0.824. The van der Waals surface area contributed by atoms with Gasteiger partial charge in [-0.1, -0.05) is 54.6 Å². The lowest BCUT2D eigenvalue weighted by Crippen LogP contribution is -2.05. The molecule has 0 amide bonds. The van der Waals surface area contributed by atoms with Crippen molar-refractivity contribution in [2.24, 2.45) is 0 Å². The summed E-state index contributed by atoms with van der Waals surface area (Å²) in [6, 6.07) is 27.5. The normalized spacial score (nSPS) is 15.5. The second kappa shape index (κ2) is 5.62. The molecule has 0 spiro atoms. The quantitative estimate of drug-likeness (QED) is 0.727. The lowest BCUT2D eigenvalue weighted by atomic mass is 9.98. The molecule has 1 N–H and O–H groups in total. The van der Waals surface area contributed by atoms with Crippen molar-refractivity contribution < 1.29 is 0 Å². The Morgan fingerprint density at radius 3 is 2.35 bits per heavy atom. The highest BCUT2D eigenvalue weighted by Gasteiger charge is 2.22. The van der Waals surface area contributed by atoms with Crippen molar-refractivity contribution >= 4 is 5.69 Å². The fraction of sp³-hybridized carbons (Fsp3) is 0.0952. The first kappa shape index (κ1) is 13.6. The molecule has 1 atom stereocenters. The van der Waals surface area contributed by atoms with Crippen LogP contribution in [0.15, 0.2) is 72.8 Å². The molecule has 1 heterocycles. The topological polar surface area (TPSA) is 35.8 Å².